The average molecular weight is 227 g/mol. The van der Waals surface area contributed by atoms with E-state index in [1.807, 2.05) is 24.3 Å². The largest absolute Gasteiger partial charge is 0.385 e. The normalized spacial score (nSPS) is 12.3. The van der Waals surface area contributed by atoms with Gasteiger partial charge in [0.25, 0.3) is 0 Å². The molecule has 0 aliphatic rings. The topological polar surface area (TPSA) is 20.2 Å². The Morgan fingerprint density at radius 3 is 2.50 bits per heavy atom. The Labute approximate surface area is 91.9 Å². The van der Waals surface area contributed by atoms with Crippen molar-refractivity contribution < 1.29 is 5.11 Å². The summed E-state index contributed by atoms with van der Waals surface area (Å²) < 4.78 is 1.12. The second kappa shape index (κ2) is 3.23. The highest BCUT2D eigenvalue weighted by Gasteiger charge is 2.23. The van der Waals surface area contributed by atoms with Gasteiger partial charge in [0.1, 0.15) is 0 Å². The number of hydrogen-bond acceptors (Lipinski definition) is 2. The summed E-state index contributed by atoms with van der Waals surface area (Å²) in [5, 5.41) is 11.6. The van der Waals surface area contributed by atoms with E-state index in [4.69, 9.17) is 11.6 Å². The molecule has 2 aromatic rings. The van der Waals surface area contributed by atoms with Crippen molar-refractivity contribution in [3.63, 3.8) is 0 Å². The van der Waals surface area contributed by atoms with E-state index in [0.717, 1.165) is 15.0 Å². The predicted octanol–water partition coefficient (Wildman–Crippen LogP) is 3.78. The third-order valence-corrected chi connectivity index (χ3v) is 4.08. The van der Waals surface area contributed by atoms with E-state index in [1.54, 1.807) is 25.2 Å². The van der Waals surface area contributed by atoms with Crippen molar-refractivity contribution in [2.75, 3.05) is 0 Å². The molecule has 0 bridgehead atoms. The van der Waals surface area contributed by atoms with Crippen LogP contribution in [-0.4, -0.2) is 5.11 Å². The molecule has 3 heteroatoms. The van der Waals surface area contributed by atoms with Crippen molar-refractivity contribution in [1.29, 1.82) is 0 Å². The van der Waals surface area contributed by atoms with Gasteiger partial charge >= 0.3 is 0 Å². The van der Waals surface area contributed by atoms with Crippen LogP contribution in [0.4, 0.5) is 0 Å². The fraction of sp³-hybridized carbons (Fsp3) is 0.273. The second-order valence-electron chi connectivity index (χ2n) is 3.80. The van der Waals surface area contributed by atoms with Crippen LogP contribution in [0.2, 0.25) is 5.02 Å². The van der Waals surface area contributed by atoms with Crippen LogP contribution in [0.15, 0.2) is 24.3 Å². The lowest BCUT2D eigenvalue weighted by atomic mass is 10.1. The highest BCUT2D eigenvalue weighted by atomic mass is 35.5. The molecule has 1 N–H and O–H groups in total. The van der Waals surface area contributed by atoms with Crippen molar-refractivity contribution in [2.45, 2.75) is 19.4 Å². The maximum atomic E-state index is 9.90. The Bertz CT molecular complexity index is 468. The van der Waals surface area contributed by atoms with Gasteiger partial charge in [0.15, 0.2) is 0 Å². The maximum absolute atomic E-state index is 9.90. The molecule has 0 saturated heterocycles. The lowest BCUT2D eigenvalue weighted by Crippen LogP contribution is -2.13. The molecule has 0 atom stereocenters. The molecule has 1 nitrogen and oxygen atoms in total. The van der Waals surface area contributed by atoms with E-state index in [2.05, 4.69) is 0 Å². The Balaban J connectivity index is 2.75. The van der Waals surface area contributed by atoms with Crippen molar-refractivity contribution in [1.82, 2.24) is 0 Å². The van der Waals surface area contributed by atoms with Crippen molar-refractivity contribution in [2.24, 2.45) is 0 Å². The molecular formula is C11H11ClOS. The van der Waals surface area contributed by atoms with Crippen LogP contribution >= 0.6 is 22.9 Å². The first-order valence-corrected chi connectivity index (χ1v) is 5.59. The Kier molecular flexibility index (Phi) is 2.30. The third-order valence-electron chi connectivity index (χ3n) is 2.09. The fourth-order valence-electron chi connectivity index (χ4n) is 1.41. The van der Waals surface area contributed by atoms with Crippen LogP contribution in [0.3, 0.4) is 0 Å². The van der Waals surface area contributed by atoms with E-state index in [-0.39, 0.29) is 0 Å². The van der Waals surface area contributed by atoms with Gasteiger partial charge in [-0.05, 0) is 19.9 Å². The number of fused-ring (bicyclic) bond motifs is 1. The number of rotatable bonds is 1. The molecule has 1 heterocycles. The van der Waals surface area contributed by atoms with E-state index in [9.17, 15) is 5.11 Å². The van der Waals surface area contributed by atoms with Gasteiger partial charge in [-0.3, -0.25) is 0 Å². The van der Waals surface area contributed by atoms with Gasteiger partial charge in [-0.15, -0.1) is 11.3 Å². The minimum Gasteiger partial charge on any atom is -0.385 e. The molecule has 0 radical (unpaired) electrons. The summed E-state index contributed by atoms with van der Waals surface area (Å²) in [6.45, 7) is 3.51. The first-order chi connectivity index (χ1) is 6.50. The molecule has 2 rings (SSSR count). The van der Waals surface area contributed by atoms with Crippen LogP contribution in [0.25, 0.3) is 10.1 Å². The van der Waals surface area contributed by atoms with Crippen LogP contribution < -0.4 is 0 Å². The molecule has 0 fully saturated rings. The van der Waals surface area contributed by atoms with Crippen LogP contribution in [0.1, 0.15) is 18.7 Å². The van der Waals surface area contributed by atoms with E-state index in [1.165, 1.54) is 0 Å². The number of hydrogen-bond donors (Lipinski definition) is 1. The lowest BCUT2D eigenvalue weighted by molar-refractivity contribution is 0.0827. The number of aliphatic hydroxyl groups is 1. The van der Waals surface area contributed by atoms with Gasteiger partial charge in [-0.2, -0.15) is 0 Å². The smallest absolute Gasteiger partial charge is 0.0947 e. The molecule has 74 valence electrons. The molecule has 14 heavy (non-hydrogen) atoms. The molecule has 1 aromatic heterocycles. The van der Waals surface area contributed by atoms with E-state index >= 15 is 0 Å². The predicted molar refractivity (Wildman–Crippen MR) is 62.1 cm³/mol. The van der Waals surface area contributed by atoms with Crippen LogP contribution in [0, 0.1) is 0 Å². The summed E-state index contributed by atoms with van der Waals surface area (Å²) in [7, 11) is 0. The number of thiophene rings is 1. The second-order valence-corrected chi connectivity index (χ2v) is 5.23. The fourth-order valence-corrected chi connectivity index (χ4v) is 3.07. The van der Waals surface area contributed by atoms with Gasteiger partial charge in [0.2, 0.25) is 0 Å². The summed E-state index contributed by atoms with van der Waals surface area (Å²) in [5.41, 5.74) is -0.860. The Morgan fingerprint density at radius 1 is 1.29 bits per heavy atom. The zero-order chi connectivity index (χ0) is 10.3. The summed E-state index contributed by atoms with van der Waals surface area (Å²) in [4.78, 5) is 0.834. The molecule has 0 spiro atoms. The Morgan fingerprint density at radius 2 is 1.93 bits per heavy atom. The minimum absolute atomic E-state index is 0.679. The van der Waals surface area contributed by atoms with E-state index < -0.39 is 5.60 Å². The van der Waals surface area contributed by atoms with Gasteiger partial charge in [0.05, 0.1) is 15.5 Å². The van der Waals surface area contributed by atoms with Gasteiger partial charge < -0.3 is 5.11 Å². The summed E-state index contributed by atoms with van der Waals surface area (Å²) in [5.74, 6) is 0. The standard InChI is InChI=1S/C11H11ClOS/c1-11(2,13)10-9(12)7-5-3-4-6-8(7)14-10/h3-6,13H,1-2H3. The summed E-state index contributed by atoms with van der Waals surface area (Å²) in [6.07, 6.45) is 0. The number of halogens is 1. The van der Waals surface area contributed by atoms with Crippen molar-refractivity contribution >= 4 is 33.0 Å². The van der Waals surface area contributed by atoms with Gasteiger partial charge in [-0.25, -0.2) is 0 Å². The zero-order valence-corrected chi connectivity index (χ0v) is 9.62. The first kappa shape index (κ1) is 9.97. The molecular weight excluding hydrogens is 216 g/mol. The zero-order valence-electron chi connectivity index (χ0n) is 8.04. The highest BCUT2D eigenvalue weighted by Crippen LogP contribution is 2.40. The van der Waals surface area contributed by atoms with Crippen molar-refractivity contribution in [3.8, 4) is 0 Å². The highest BCUT2D eigenvalue weighted by molar-refractivity contribution is 7.20. The first-order valence-electron chi connectivity index (χ1n) is 4.40. The van der Waals surface area contributed by atoms with Gasteiger partial charge in [0, 0.05) is 10.1 Å². The van der Waals surface area contributed by atoms with Crippen molar-refractivity contribution in [3.05, 3.63) is 34.2 Å². The summed E-state index contributed by atoms with van der Waals surface area (Å²) >= 11 is 7.74. The molecule has 1 aromatic carbocycles. The maximum Gasteiger partial charge on any atom is 0.0947 e. The van der Waals surface area contributed by atoms with Gasteiger partial charge in [-0.1, -0.05) is 29.8 Å². The monoisotopic (exact) mass is 226 g/mol. The molecule has 0 aliphatic heterocycles. The van der Waals surface area contributed by atoms with E-state index in [0.29, 0.717) is 5.02 Å². The van der Waals surface area contributed by atoms with Crippen LogP contribution in [-0.2, 0) is 5.60 Å². The quantitative estimate of drug-likeness (QED) is 0.785. The third kappa shape index (κ3) is 1.54. The molecule has 0 amide bonds. The lowest BCUT2D eigenvalue weighted by Gasteiger charge is -2.15. The molecule has 0 unspecified atom stereocenters. The molecule has 0 saturated carbocycles. The van der Waals surface area contributed by atoms with Crippen LogP contribution in [0.5, 0.6) is 0 Å². The molecule has 0 aliphatic carbocycles. The minimum atomic E-state index is -0.860. The Hall–Kier alpha value is -0.570. The SMILES string of the molecule is CC(C)(O)c1sc2ccccc2c1Cl. The summed E-state index contributed by atoms with van der Waals surface area (Å²) in [6, 6.07) is 7.92. The average Bonchev–Trinajstić information content (AvgIpc) is 2.44. The number of benzene rings is 1.